The van der Waals surface area contributed by atoms with Gasteiger partial charge in [0.2, 0.25) is 0 Å². The molecule has 7 heteroatoms. The zero-order valence-electron chi connectivity index (χ0n) is 14.6. The number of aromatic nitrogens is 6. The van der Waals surface area contributed by atoms with Crippen molar-refractivity contribution in [1.29, 1.82) is 0 Å². The van der Waals surface area contributed by atoms with Crippen LogP contribution in [0.15, 0.2) is 49.3 Å². The predicted molar refractivity (Wildman–Crippen MR) is 97.7 cm³/mol. The summed E-state index contributed by atoms with van der Waals surface area (Å²) in [6.45, 7) is 2.71. The summed E-state index contributed by atoms with van der Waals surface area (Å²) in [5.41, 5.74) is 3.43. The molecule has 0 atom stereocenters. The summed E-state index contributed by atoms with van der Waals surface area (Å²) in [7, 11) is 1.95. The van der Waals surface area contributed by atoms with Gasteiger partial charge in [-0.2, -0.15) is 5.10 Å². The Morgan fingerprint density at radius 3 is 2.81 bits per heavy atom. The van der Waals surface area contributed by atoms with Gasteiger partial charge in [0, 0.05) is 36.9 Å². The quantitative estimate of drug-likeness (QED) is 0.519. The third-order valence-corrected chi connectivity index (χ3v) is 4.34. The van der Waals surface area contributed by atoms with E-state index >= 15 is 0 Å². The van der Waals surface area contributed by atoms with Crippen molar-refractivity contribution in [2.24, 2.45) is 7.05 Å². The second-order valence-electron chi connectivity index (χ2n) is 6.13. The molecule has 0 aliphatic heterocycles. The Hall–Kier alpha value is -3.35. The number of rotatable bonds is 5. The van der Waals surface area contributed by atoms with Gasteiger partial charge >= 0.3 is 0 Å². The van der Waals surface area contributed by atoms with Crippen molar-refractivity contribution in [3.8, 4) is 11.3 Å². The molecular formula is C19H18N6O. The number of aryl methyl sites for hydroxylation is 2. The molecule has 0 aliphatic carbocycles. The maximum absolute atomic E-state index is 12.4. The van der Waals surface area contributed by atoms with Crippen molar-refractivity contribution in [1.82, 2.24) is 29.3 Å². The van der Waals surface area contributed by atoms with Gasteiger partial charge in [0.05, 0.1) is 41.9 Å². The van der Waals surface area contributed by atoms with Crippen LogP contribution in [0, 0.1) is 0 Å². The largest absolute Gasteiger partial charge is 0.334 e. The Morgan fingerprint density at radius 2 is 2.08 bits per heavy atom. The monoisotopic (exact) mass is 346 g/mol. The lowest BCUT2D eigenvalue weighted by atomic mass is 10.1. The molecule has 0 aliphatic rings. The number of nitrogens with zero attached hydrogens (tertiary/aromatic N) is 6. The standard InChI is InChI=1S/C19H18N6O/c1-3-25-11-15(9-22-25)18(26)7-19-21-8-14-5-4-13(6-16(14)23-19)17-10-20-12-24(17)2/h4-6,8-12H,3,7H2,1-2H3. The second-order valence-corrected chi connectivity index (χ2v) is 6.13. The maximum atomic E-state index is 12.4. The summed E-state index contributed by atoms with van der Waals surface area (Å²) >= 11 is 0. The zero-order chi connectivity index (χ0) is 18.1. The molecule has 130 valence electrons. The van der Waals surface area contributed by atoms with Gasteiger partial charge in [-0.25, -0.2) is 15.0 Å². The van der Waals surface area contributed by atoms with Crippen molar-refractivity contribution in [2.75, 3.05) is 0 Å². The van der Waals surface area contributed by atoms with E-state index in [9.17, 15) is 4.79 Å². The van der Waals surface area contributed by atoms with Crippen LogP contribution >= 0.6 is 0 Å². The highest BCUT2D eigenvalue weighted by Gasteiger charge is 2.12. The van der Waals surface area contributed by atoms with Crippen molar-refractivity contribution >= 4 is 16.7 Å². The molecule has 0 unspecified atom stereocenters. The number of hydrogen-bond acceptors (Lipinski definition) is 5. The van der Waals surface area contributed by atoms with Crippen molar-refractivity contribution < 1.29 is 4.79 Å². The fourth-order valence-electron chi connectivity index (χ4n) is 2.87. The van der Waals surface area contributed by atoms with E-state index in [1.54, 1.807) is 29.6 Å². The number of Topliss-reactive ketones (excluding diaryl/α,β-unsaturated/α-hetero) is 1. The minimum absolute atomic E-state index is 0.0353. The summed E-state index contributed by atoms with van der Waals surface area (Å²) in [4.78, 5) is 25.5. The van der Waals surface area contributed by atoms with Gasteiger partial charge in [-0.15, -0.1) is 0 Å². The highest BCUT2D eigenvalue weighted by Crippen LogP contribution is 2.22. The van der Waals surface area contributed by atoms with E-state index in [0.29, 0.717) is 11.4 Å². The van der Waals surface area contributed by atoms with Crippen molar-refractivity contribution in [2.45, 2.75) is 19.9 Å². The molecule has 3 heterocycles. The van der Waals surface area contributed by atoms with Crippen LogP contribution in [-0.4, -0.2) is 35.1 Å². The van der Waals surface area contributed by atoms with Crippen LogP contribution in [0.2, 0.25) is 0 Å². The zero-order valence-corrected chi connectivity index (χ0v) is 14.6. The van der Waals surface area contributed by atoms with Gasteiger partial charge in [0.15, 0.2) is 5.78 Å². The number of benzene rings is 1. The summed E-state index contributed by atoms with van der Waals surface area (Å²) in [5, 5.41) is 5.08. The first-order chi connectivity index (χ1) is 12.6. The highest BCUT2D eigenvalue weighted by molar-refractivity contribution is 5.96. The summed E-state index contributed by atoms with van der Waals surface area (Å²) < 4.78 is 3.69. The highest BCUT2D eigenvalue weighted by atomic mass is 16.1. The minimum atomic E-state index is -0.0353. The van der Waals surface area contributed by atoms with E-state index in [0.717, 1.165) is 28.7 Å². The normalized spacial score (nSPS) is 11.2. The van der Waals surface area contributed by atoms with E-state index in [4.69, 9.17) is 0 Å². The smallest absolute Gasteiger partial charge is 0.173 e. The molecule has 1 aromatic carbocycles. The fraction of sp³-hybridized carbons (Fsp3) is 0.211. The van der Waals surface area contributed by atoms with Crippen LogP contribution in [0.4, 0.5) is 0 Å². The topological polar surface area (TPSA) is 78.5 Å². The van der Waals surface area contributed by atoms with E-state index in [-0.39, 0.29) is 12.2 Å². The van der Waals surface area contributed by atoms with E-state index in [1.807, 2.05) is 42.9 Å². The van der Waals surface area contributed by atoms with E-state index < -0.39 is 0 Å². The lowest BCUT2D eigenvalue weighted by Crippen LogP contribution is -2.06. The molecule has 0 fully saturated rings. The van der Waals surface area contributed by atoms with Crippen molar-refractivity contribution in [3.05, 3.63) is 60.7 Å². The van der Waals surface area contributed by atoms with Crippen LogP contribution in [-0.2, 0) is 20.0 Å². The number of imidazole rings is 1. The molecule has 0 N–H and O–H groups in total. The average Bonchev–Trinajstić information content (AvgIpc) is 3.30. The van der Waals surface area contributed by atoms with Gasteiger partial charge in [0.1, 0.15) is 5.82 Å². The van der Waals surface area contributed by atoms with Crippen molar-refractivity contribution in [3.63, 3.8) is 0 Å². The number of carbonyl (C=O) groups is 1. The maximum Gasteiger partial charge on any atom is 0.173 e. The third kappa shape index (κ3) is 2.99. The fourth-order valence-corrected chi connectivity index (χ4v) is 2.87. The summed E-state index contributed by atoms with van der Waals surface area (Å²) in [6, 6.07) is 6.00. The van der Waals surface area contributed by atoms with E-state index in [1.165, 1.54) is 0 Å². The molecular weight excluding hydrogens is 328 g/mol. The molecule has 4 rings (SSSR count). The first-order valence-corrected chi connectivity index (χ1v) is 8.42. The lowest BCUT2D eigenvalue weighted by molar-refractivity contribution is 0.0991. The molecule has 0 spiro atoms. The van der Waals surface area contributed by atoms with Gasteiger partial charge < -0.3 is 4.57 Å². The van der Waals surface area contributed by atoms with Gasteiger partial charge in [0.25, 0.3) is 0 Å². The molecule has 0 radical (unpaired) electrons. The average molecular weight is 346 g/mol. The molecule has 0 saturated carbocycles. The first-order valence-electron chi connectivity index (χ1n) is 8.42. The lowest BCUT2D eigenvalue weighted by Gasteiger charge is -2.05. The summed E-state index contributed by atoms with van der Waals surface area (Å²) in [6.07, 6.45) is 8.84. The molecule has 0 saturated heterocycles. The van der Waals surface area contributed by atoms with Crippen LogP contribution < -0.4 is 0 Å². The van der Waals surface area contributed by atoms with Crippen LogP contribution in [0.1, 0.15) is 23.1 Å². The van der Waals surface area contributed by atoms with Gasteiger partial charge in [-0.3, -0.25) is 9.48 Å². The minimum Gasteiger partial charge on any atom is -0.334 e. The van der Waals surface area contributed by atoms with Crippen LogP contribution in [0.5, 0.6) is 0 Å². The Bertz CT molecular complexity index is 1090. The Kier molecular flexibility index (Phi) is 4.04. The molecule has 7 nitrogen and oxygen atoms in total. The number of hydrogen-bond donors (Lipinski definition) is 0. The van der Waals surface area contributed by atoms with E-state index in [2.05, 4.69) is 20.1 Å². The molecule has 26 heavy (non-hydrogen) atoms. The SMILES string of the molecule is CCn1cc(C(=O)Cc2ncc3ccc(-c4cncn4C)cc3n2)cn1. The number of carbonyl (C=O) groups excluding carboxylic acids is 1. The number of ketones is 1. The molecule has 4 aromatic rings. The predicted octanol–water partition coefficient (Wildman–Crippen LogP) is 2.67. The summed E-state index contributed by atoms with van der Waals surface area (Å²) in [5.74, 6) is 0.473. The van der Waals surface area contributed by atoms with Gasteiger partial charge in [-0.05, 0) is 13.0 Å². The molecule has 0 amide bonds. The Balaban J connectivity index is 1.64. The molecule has 0 bridgehead atoms. The van der Waals surface area contributed by atoms with Crippen LogP contribution in [0.25, 0.3) is 22.2 Å². The second kappa shape index (κ2) is 6.51. The van der Waals surface area contributed by atoms with Gasteiger partial charge in [-0.1, -0.05) is 12.1 Å². The van der Waals surface area contributed by atoms with Crippen LogP contribution in [0.3, 0.4) is 0 Å². The number of fused-ring (bicyclic) bond motifs is 1. The Morgan fingerprint density at radius 1 is 1.19 bits per heavy atom. The first kappa shape index (κ1) is 16.1. The Labute approximate surface area is 150 Å². The molecule has 3 aromatic heterocycles. The third-order valence-electron chi connectivity index (χ3n) is 4.34.